The van der Waals surface area contributed by atoms with Gasteiger partial charge in [0.25, 0.3) is 0 Å². The van der Waals surface area contributed by atoms with E-state index in [0.717, 1.165) is 11.3 Å². The molecule has 1 aliphatic carbocycles. The van der Waals surface area contributed by atoms with Gasteiger partial charge in [-0.1, -0.05) is 6.42 Å². The lowest BCUT2D eigenvalue weighted by molar-refractivity contribution is -0.167. The predicted octanol–water partition coefficient (Wildman–Crippen LogP) is 1.91. The molecule has 0 spiro atoms. The van der Waals surface area contributed by atoms with E-state index in [4.69, 9.17) is 5.73 Å². The van der Waals surface area contributed by atoms with Crippen LogP contribution in [0.3, 0.4) is 0 Å². The molecule has 0 bridgehead atoms. The number of carbonyl (C=O) groups excluding carboxylic acids is 1. The summed E-state index contributed by atoms with van der Waals surface area (Å²) in [5, 5.41) is 0. The van der Waals surface area contributed by atoms with Gasteiger partial charge < -0.3 is 10.6 Å². The van der Waals surface area contributed by atoms with Gasteiger partial charge in [0.15, 0.2) is 0 Å². The number of hydrogen-bond acceptors (Lipinski definition) is 2. The van der Waals surface area contributed by atoms with Crippen LogP contribution in [-0.4, -0.2) is 35.6 Å². The monoisotopic (exact) mass is 252 g/mol. The minimum Gasteiger partial charge on any atom is -0.331 e. The second kappa shape index (κ2) is 5.25. The first-order chi connectivity index (χ1) is 7.72. The number of rotatable bonds is 3. The number of amides is 1. The molecule has 1 amide bonds. The Morgan fingerprint density at radius 2 is 2.00 bits per heavy atom. The van der Waals surface area contributed by atoms with Crippen molar-refractivity contribution in [3.63, 3.8) is 0 Å². The molecule has 17 heavy (non-hydrogen) atoms. The van der Waals surface area contributed by atoms with Crippen molar-refractivity contribution in [2.24, 2.45) is 11.7 Å². The van der Waals surface area contributed by atoms with E-state index in [1.54, 1.807) is 13.8 Å². The summed E-state index contributed by atoms with van der Waals surface area (Å²) >= 11 is 0. The molecule has 2 N–H and O–H groups in total. The number of nitrogens with zero attached hydrogens (tertiary/aromatic N) is 1. The molecule has 6 heteroatoms. The summed E-state index contributed by atoms with van der Waals surface area (Å²) in [4.78, 5) is 12.9. The molecule has 1 fully saturated rings. The van der Waals surface area contributed by atoms with Crippen LogP contribution in [0, 0.1) is 5.92 Å². The fourth-order valence-electron chi connectivity index (χ4n) is 2.22. The van der Waals surface area contributed by atoms with Crippen molar-refractivity contribution in [3.8, 4) is 0 Å². The summed E-state index contributed by atoms with van der Waals surface area (Å²) in [5.74, 6) is -0.901. The predicted molar refractivity (Wildman–Crippen MR) is 58.2 cm³/mol. The fourth-order valence-corrected chi connectivity index (χ4v) is 2.22. The fraction of sp³-hybridized carbons (Fsp3) is 0.909. The Morgan fingerprint density at radius 1 is 1.41 bits per heavy atom. The van der Waals surface area contributed by atoms with E-state index in [-0.39, 0.29) is 6.04 Å². The van der Waals surface area contributed by atoms with Crippen LogP contribution in [-0.2, 0) is 4.79 Å². The minimum absolute atomic E-state index is 0.294. The maximum absolute atomic E-state index is 12.4. The standard InChI is InChI=1S/C11H19F3N2O/c1-7(2)16(6-11(12,13)14)10(17)8-4-3-5-9(8)15/h7-9H,3-6,15H2,1-2H3. The summed E-state index contributed by atoms with van der Waals surface area (Å²) in [6.45, 7) is 1.99. The first kappa shape index (κ1) is 14.3. The van der Waals surface area contributed by atoms with Crippen molar-refractivity contribution in [2.45, 2.75) is 51.4 Å². The quantitative estimate of drug-likeness (QED) is 0.834. The number of hydrogen-bond donors (Lipinski definition) is 1. The Bertz CT molecular complexity index is 278. The molecule has 0 radical (unpaired) electrons. The average Bonchev–Trinajstić information content (AvgIpc) is 2.58. The van der Waals surface area contributed by atoms with Gasteiger partial charge in [-0.3, -0.25) is 4.79 Å². The lowest BCUT2D eigenvalue weighted by Crippen LogP contribution is -2.48. The maximum atomic E-state index is 12.4. The molecule has 0 saturated heterocycles. The van der Waals surface area contributed by atoms with Gasteiger partial charge in [0, 0.05) is 12.1 Å². The molecule has 1 saturated carbocycles. The van der Waals surface area contributed by atoms with Crippen molar-refractivity contribution in [3.05, 3.63) is 0 Å². The highest BCUT2D eigenvalue weighted by Gasteiger charge is 2.39. The van der Waals surface area contributed by atoms with E-state index in [2.05, 4.69) is 0 Å². The van der Waals surface area contributed by atoms with E-state index < -0.39 is 30.6 Å². The van der Waals surface area contributed by atoms with E-state index >= 15 is 0 Å². The van der Waals surface area contributed by atoms with Crippen LogP contribution in [0.5, 0.6) is 0 Å². The van der Waals surface area contributed by atoms with Gasteiger partial charge in [0.05, 0.1) is 5.92 Å². The number of nitrogens with two attached hydrogens (primary N) is 1. The normalized spacial score (nSPS) is 25.4. The average molecular weight is 252 g/mol. The lowest BCUT2D eigenvalue weighted by atomic mass is 10.0. The van der Waals surface area contributed by atoms with Crippen LogP contribution in [0.1, 0.15) is 33.1 Å². The number of carbonyl (C=O) groups is 1. The van der Waals surface area contributed by atoms with Gasteiger partial charge in [-0.25, -0.2) is 0 Å². The van der Waals surface area contributed by atoms with Gasteiger partial charge >= 0.3 is 6.18 Å². The molecule has 1 aliphatic rings. The third-order valence-corrected chi connectivity index (χ3v) is 3.14. The zero-order valence-electron chi connectivity index (χ0n) is 10.1. The summed E-state index contributed by atoms with van der Waals surface area (Å²) in [6.07, 6.45) is -2.23. The van der Waals surface area contributed by atoms with Crippen molar-refractivity contribution >= 4 is 5.91 Å². The maximum Gasteiger partial charge on any atom is 0.406 e. The smallest absolute Gasteiger partial charge is 0.331 e. The molecule has 0 aromatic rings. The molecule has 2 unspecified atom stereocenters. The zero-order chi connectivity index (χ0) is 13.2. The van der Waals surface area contributed by atoms with Gasteiger partial charge in [0.2, 0.25) is 5.91 Å². The van der Waals surface area contributed by atoms with Crippen LogP contribution in [0.25, 0.3) is 0 Å². The van der Waals surface area contributed by atoms with Gasteiger partial charge in [0.1, 0.15) is 6.54 Å². The Hall–Kier alpha value is -0.780. The molecule has 100 valence electrons. The second-order valence-corrected chi connectivity index (χ2v) is 4.88. The summed E-state index contributed by atoms with van der Waals surface area (Å²) in [6, 6.07) is -0.756. The summed E-state index contributed by atoms with van der Waals surface area (Å²) in [5.41, 5.74) is 5.75. The van der Waals surface area contributed by atoms with E-state index in [9.17, 15) is 18.0 Å². The Balaban J connectivity index is 2.73. The van der Waals surface area contributed by atoms with Crippen molar-refractivity contribution in [2.75, 3.05) is 6.54 Å². The molecule has 2 atom stereocenters. The zero-order valence-corrected chi connectivity index (χ0v) is 10.1. The Morgan fingerprint density at radius 3 is 2.35 bits per heavy atom. The molecule has 1 rings (SSSR count). The topological polar surface area (TPSA) is 46.3 Å². The third-order valence-electron chi connectivity index (χ3n) is 3.14. The minimum atomic E-state index is -4.36. The van der Waals surface area contributed by atoms with Crippen LogP contribution < -0.4 is 5.73 Å². The van der Waals surface area contributed by atoms with E-state index in [1.165, 1.54) is 0 Å². The lowest BCUT2D eigenvalue weighted by Gasteiger charge is -2.31. The molecule has 0 aromatic carbocycles. The van der Waals surface area contributed by atoms with Crippen molar-refractivity contribution < 1.29 is 18.0 Å². The van der Waals surface area contributed by atoms with Gasteiger partial charge in [-0.05, 0) is 26.7 Å². The summed E-state index contributed by atoms with van der Waals surface area (Å²) < 4.78 is 37.2. The van der Waals surface area contributed by atoms with Crippen molar-refractivity contribution in [1.82, 2.24) is 4.90 Å². The SMILES string of the molecule is CC(C)N(CC(F)(F)F)C(=O)C1CCCC1N. The first-order valence-electron chi connectivity index (χ1n) is 5.85. The van der Waals surface area contributed by atoms with E-state index in [1.807, 2.05) is 0 Å². The Kier molecular flexibility index (Phi) is 4.41. The first-order valence-corrected chi connectivity index (χ1v) is 5.85. The van der Waals surface area contributed by atoms with Gasteiger partial charge in [-0.15, -0.1) is 0 Å². The highest BCUT2D eigenvalue weighted by molar-refractivity contribution is 5.80. The van der Waals surface area contributed by atoms with Crippen LogP contribution in [0.2, 0.25) is 0 Å². The second-order valence-electron chi connectivity index (χ2n) is 4.88. The third kappa shape index (κ3) is 3.87. The van der Waals surface area contributed by atoms with Crippen molar-refractivity contribution in [1.29, 1.82) is 0 Å². The van der Waals surface area contributed by atoms with Crippen LogP contribution in [0.15, 0.2) is 0 Å². The highest BCUT2D eigenvalue weighted by Crippen LogP contribution is 2.28. The highest BCUT2D eigenvalue weighted by atomic mass is 19.4. The molecular weight excluding hydrogens is 233 g/mol. The molecule has 0 aromatic heterocycles. The van der Waals surface area contributed by atoms with Gasteiger partial charge in [-0.2, -0.15) is 13.2 Å². The van der Waals surface area contributed by atoms with Crippen LogP contribution >= 0.6 is 0 Å². The molecule has 3 nitrogen and oxygen atoms in total. The number of alkyl halides is 3. The molecule has 0 heterocycles. The summed E-state index contributed by atoms with van der Waals surface area (Å²) in [7, 11) is 0. The molecule has 0 aliphatic heterocycles. The van der Waals surface area contributed by atoms with Crippen LogP contribution in [0.4, 0.5) is 13.2 Å². The molecular formula is C11H19F3N2O. The largest absolute Gasteiger partial charge is 0.406 e. The van der Waals surface area contributed by atoms with E-state index in [0.29, 0.717) is 12.8 Å². The Labute approximate surface area is 99.1 Å². The number of halogens is 3.